The van der Waals surface area contributed by atoms with E-state index in [0.717, 1.165) is 18.5 Å². The number of rotatable bonds is 3. The minimum absolute atomic E-state index is 0.0768. The largest absolute Gasteiger partial charge is 0.339 e. The summed E-state index contributed by atoms with van der Waals surface area (Å²) < 4.78 is 0. The maximum atomic E-state index is 12.6. The van der Waals surface area contributed by atoms with Crippen LogP contribution in [0.5, 0.6) is 0 Å². The van der Waals surface area contributed by atoms with Crippen molar-refractivity contribution >= 4 is 17.6 Å². The molecule has 1 saturated heterocycles. The average Bonchev–Trinajstić information content (AvgIpc) is 2.68. The van der Waals surface area contributed by atoms with Crippen molar-refractivity contribution in [3.8, 4) is 0 Å². The summed E-state index contributed by atoms with van der Waals surface area (Å²) in [4.78, 5) is 28.9. The number of amides is 3. The fourth-order valence-corrected chi connectivity index (χ4v) is 3.89. The number of nitrogens with one attached hydrogen (secondary N) is 1. The molecule has 1 heterocycles. The monoisotopic (exact) mass is 357 g/mol. The van der Waals surface area contributed by atoms with Crippen LogP contribution in [0.2, 0.25) is 0 Å². The summed E-state index contributed by atoms with van der Waals surface area (Å²) in [6.07, 6.45) is 5.68. The summed E-state index contributed by atoms with van der Waals surface area (Å²) in [5.41, 5.74) is 2.08. The van der Waals surface area contributed by atoms with Crippen LogP contribution in [-0.4, -0.2) is 47.9 Å². The Hall–Kier alpha value is -2.04. The number of hydrogen-bond acceptors (Lipinski definition) is 2. The Labute approximate surface area is 156 Å². The van der Waals surface area contributed by atoms with Gasteiger partial charge in [-0.2, -0.15) is 0 Å². The van der Waals surface area contributed by atoms with Crippen molar-refractivity contribution in [2.75, 3.05) is 31.5 Å². The van der Waals surface area contributed by atoms with Gasteiger partial charge in [-0.3, -0.25) is 4.79 Å². The first kappa shape index (κ1) is 18.7. The van der Waals surface area contributed by atoms with Crippen molar-refractivity contribution < 1.29 is 9.59 Å². The molecule has 0 bridgehead atoms. The van der Waals surface area contributed by atoms with Crippen molar-refractivity contribution in [2.24, 2.45) is 5.92 Å². The molecule has 26 heavy (non-hydrogen) atoms. The normalized spacial score (nSPS) is 18.9. The highest BCUT2D eigenvalue weighted by Gasteiger charge is 2.29. The summed E-state index contributed by atoms with van der Waals surface area (Å²) in [5.74, 6) is 0.993. The molecule has 1 aromatic carbocycles. The van der Waals surface area contributed by atoms with Gasteiger partial charge in [-0.1, -0.05) is 45.2 Å². The molecular formula is C21H31N3O2. The summed E-state index contributed by atoms with van der Waals surface area (Å²) in [5, 5.41) is 2.97. The summed E-state index contributed by atoms with van der Waals surface area (Å²) in [6.45, 7) is 6.82. The summed E-state index contributed by atoms with van der Waals surface area (Å²) >= 11 is 0. The molecule has 0 spiro atoms. The van der Waals surface area contributed by atoms with Crippen LogP contribution in [0.15, 0.2) is 24.3 Å². The molecule has 1 aromatic rings. The summed E-state index contributed by atoms with van der Waals surface area (Å²) in [7, 11) is 0. The third-order valence-electron chi connectivity index (χ3n) is 5.66. The average molecular weight is 357 g/mol. The van der Waals surface area contributed by atoms with Crippen molar-refractivity contribution in [1.29, 1.82) is 0 Å². The second kappa shape index (κ2) is 8.56. The van der Waals surface area contributed by atoms with Crippen LogP contribution in [0.25, 0.3) is 0 Å². The second-order valence-corrected chi connectivity index (χ2v) is 7.85. The second-order valence-electron chi connectivity index (χ2n) is 7.85. The number of hydrogen-bond donors (Lipinski definition) is 1. The number of anilines is 1. The number of nitrogens with zero attached hydrogens (tertiary/aromatic N) is 2. The Morgan fingerprint density at radius 1 is 0.923 bits per heavy atom. The Kier molecular flexibility index (Phi) is 6.17. The standard InChI is InChI=1S/C21H31N3O2/c1-16(2)17-8-10-19(11-9-17)22-21(26)24-14-12-23(13-15-24)20(25)18-6-4-3-5-7-18/h8-11,16,18H,3-7,12-15H2,1-2H3,(H,22,26). The van der Waals surface area contributed by atoms with Crippen LogP contribution in [0, 0.1) is 5.92 Å². The van der Waals surface area contributed by atoms with Crippen molar-refractivity contribution in [3.63, 3.8) is 0 Å². The molecule has 5 heteroatoms. The van der Waals surface area contributed by atoms with Gasteiger partial charge in [-0.05, 0) is 36.5 Å². The van der Waals surface area contributed by atoms with E-state index < -0.39 is 0 Å². The van der Waals surface area contributed by atoms with Crippen LogP contribution in [0.4, 0.5) is 10.5 Å². The first-order chi connectivity index (χ1) is 12.5. The molecule has 0 unspecified atom stereocenters. The minimum Gasteiger partial charge on any atom is -0.339 e. The number of carbonyl (C=O) groups excluding carboxylic acids is 2. The smallest absolute Gasteiger partial charge is 0.321 e. The van der Waals surface area contributed by atoms with E-state index in [2.05, 4.69) is 31.3 Å². The van der Waals surface area contributed by atoms with Gasteiger partial charge in [-0.15, -0.1) is 0 Å². The van der Waals surface area contributed by atoms with Crippen LogP contribution >= 0.6 is 0 Å². The number of benzene rings is 1. The molecule has 3 rings (SSSR count). The third kappa shape index (κ3) is 4.57. The predicted octanol–water partition coefficient (Wildman–Crippen LogP) is 4.07. The van der Waals surface area contributed by atoms with Gasteiger partial charge in [0.05, 0.1) is 0 Å². The van der Waals surface area contributed by atoms with Gasteiger partial charge in [0, 0.05) is 37.8 Å². The van der Waals surface area contributed by atoms with E-state index in [-0.39, 0.29) is 11.9 Å². The quantitative estimate of drug-likeness (QED) is 0.887. The molecular weight excluding hydrogens is 326 g/mol. The van der Waals surface area contributed by atoms with Crippen molar-refractivity contribution in [2.45, 2.75) is 51.9 Å². The van der Waals surface area contributed by atoms with Gasteiger partial charge < -0.3 is 15.1 Å². The molecule has 5 nitrogen and oxygen atoms in total. The fourth-order valence-electron chi connectivity index (χ4n) is 3.89. The molecule has 0 aromatic heterocycles. The lowest BCUT2D eigenvalue weighted by Gasteiger charge is -2.37. The molecule has 1 aliphatic carbocycles. The molecule has 2 fully saturated rings. The maximum absolute atomic E-state index is 12.6. The van der Waals surface area contributed by atoms with Gasteiger partial charge >= 0.3 is 6.03 Å². The zero-order valence-electron chi connectivity index (χ0n) is 16.0. The first-order valence-corrected chi connectivity index (χ1v) is 9.99. The van der Waals surface area contributed by atoms with Gasteiger partial charge in [0.2, 0.25) is 5.91 Å². The number of urea groups is 1. The molecule has 1 saturated carbocycles. The van der Waals surface area contributed by atoms with E-state index in [1.165, 1.54) is 24.8 Å². The van der Waals surface area contributed by atoms with Gasteiger partial charge in [0.1, 0.15) is 0 Å². The fraction of sp³-hybridized carbons (Fsp3) is 0.619. The summed E-state index contributed by atoms with van der Waals surface area (Å²) in [6, 6.07) is 7.95. The van der Waals surface area contributed by atoms with E-state index >= 15 is 0 Å². The highest BCUT2D eigenvalue weighted by atomic mass is 16.2. The van der Waals surface area contributed by atoms with Crippen LogP contribution < -0.4 is 5.32 Å². The van der Waals surface area contributed by atoms with Crippen molar-refractivity contribution in [1.82, 2.24) is 9.80 Å². The Bertz CT molecular complexity index is 613. The van der Waals surface area contributed by atoms with Crippen molar-refractivity contribution in [3.05, 3.63) is 29.8 Å². The lowest BCUT2D eigenvalue weighted by atomic mass is 9.88. The SMILES string of the molecule is CC(C)c1ccc(NC(=O)N2CCN(C(=O)C3CCCCC3)CC2)cc1. The highest BCUT2D eigenvalue weighted by molar-refractivity contribution is 5.89. The highest BCUT2D eigenvalue weighted by Crippen LogP contribution is 2.26. The predicted molar refractivity (Wildman–Crippen MR) is 104 cm³/mol. The molecule has 1 aliphatic heterocycles. The van der Waals surface area contributed by atoms with Gasteiger partial charge in [0.15, 0.2) is 0 Å². The van der Waals surface area contributed by atoms with Crippen LogP contribution in [0.3, 0.4) is 0 Å². The van der Waals surface area contributed by atoms with Crippen LogP contribution in [-0.2, 0) is 4.79 Å². The zero-order chi connectivity index (χ0) is 18.5. The molecule has 142 valence electrons. The maximum Gasteiger partial charge on any atom is 0.321 e. The lowest BCUT2D eigenvalue weighted by molar-refractivity contribution is -0.138. The Morgan fingerprint density at radius 3 is 2.08 bits per heavy atom. The lowest BCUT2D eigenvalue weighted by Crippen LogP contribution is -2.53. The topological polar surface area (TPSA) is 52.7 Å². The molecule has 1 N–H and O–H groups in total. The number of piperazine rings is 1. The Balaban J connectivity index is 1.48. The molecule has 0 radical (unpaired) electrons. The van der Waals surface area contributed by atoms with E-state index in [1.807, 2.05) is 17.0 Å². The van der Waals surface area contributed by atoms with Gasteiger partial charge in [-0.25, -0.2) is 4.79 Å². The minimum atomic E-state index is -0.0768. The number of carbonyl (C=O) groups is 2. The molecule has 3 amide bonds. The van der Waals surface area contributed by atoms with Gasteiger partial charge in [0.25, 0.3) is 0 Å². The zero-order valence-corrected chi connectivity index (χ0v) is 16.0. The molecule has 2 aliphatic rings. The Morgan fingerprint density at radius 2 is 1.50 bits per heavy atom. The van der Waals surface area contributed by atoms with E-state index in [1.54, 1.807) is 4.90 Å². The van der Waals surface area contributed by atoms with E-state index in [9.17, 15) is 9.59 Å². The van der Waals surface area contributed by atoms with Crippen LogP contribution in [0.1, 0.15) is 57.4 Å². The molecule has 0 atom stereocenters. The first-order valence-electron chi connectivity index (χ1n) is 9.99. The van der Waals surface area contributed by atoms with E-state index in [4.69, 9.17) is 0 Å². The van der Waals surface area contributed by atoms with E-state index in [0.29, 0.717) is 38.0 Å². The third-order valence-corrected chi connectivity index (χ3v) is 5.66.